The topological polar surface area (TPSA) is 242 Å². The predicted molar refractivity (Wildman–Crippen MR) is 246 cm³/mol. The molecule has 352 valence electrons. The average molecular weight is 949 g/mol. The second-order valence-electron chi connectivity index (χ2n) is 13.9. The first-order valence-electron chi connectivity index (χ1n) is 19.7. The van der Waals surface area contributed by atoms with Crippen LogP contribution >= 0.6 is 0 Å². The van der Waals surface area contributed by atoms with Crippen LogP contribution in [0, 0.1) is 0 Å². The van der Waals surface area contributed by atoms with Crippen molar-refractivity contribution in [3.63, 3.8) is 0 Å². The molecule has 4 aromatic heterocycles. The summed E-state index contributed by atoms with van der Waals surface area (Å²) < 4.78 is 20.6. The number of nitrogens with one attached hydrogen (secondary N) is 3. The zero-order valence-corrected chi connectivity index (χ0v) is 39.1. The molecule has 6 heterocycles. The van der Waals surface area contributed by atoms with E-state index in [1.165, 1.54) is 58.1 Å². The van der Waals surface area contributed by atoms with Crippen LogP contribution < -0.4 is 80.8 Å². The fourth-order valence-corrected chi connectivity index (χ4v) is 7.04. The van der Waals surface area contributed by atoms with E-state index in [-0.39, 0.29) is 121 Å². The van der Waals surface area contributed by atoms with Gasteiger partial charge in [-0.05, 0) is 24.3 Å². The molecular formula is C47H57KN8O11. The van der Waals surface area contributed by atoms with Gasteiger partial charge in [-0.15, -0.1) is 0 Å². The number of fused-ring (bicyclic) bond motifs is 2. The summed E-state index contributed by atoms with van der Waals surface area (Å²) >= 11 is 0. The molecule has 2 aliphatic rings. The first kappa shape index (κ1) is 57.0. The van der Waals surface area contributed by atoms with E-state index in [1.54, 1.807) is 17.0 Å². The number of Topliss-reactive ketones (excluding diaryl/α,β-unsaturated/α-hetero) is 2. The van der Waals surface area contributed by atoms with Crippen molar-refractivity contribution in [2.45, 2.75) is 22.3 Å². The molecule has 2 saturated heterocycles. The number of aromatic amines is 2. The fourth-order valence-electron chi connectivity index (χ4n) is 7.04. The molecule has 19 nitrogen and oxygen atoms in total. The number of carboxylic acids is 1. The SMILES string of the molecule is C.C.C.COc1ncc(OC)c2c(C(=O)C(=O)N3CCN(C(=O)c4ccccc4)CC3)c[nH]c12.COc1ncc(OC)c2c(C(=O)C(=O)[O-])c[nH]c12.O=C(c1ccccc1)N1CCNCC1.[K+]. The second kappa shape index (κ2) is 26.8. The number of rotatable bonds is 10. The van der Waals surface area contributed by atoms with E-state index < -0.39 is 23.4 Å². The molecule has 3 amide bonds. The Hall–Kier alpha value is -6.16. The van der Waals surface area contributed by atoms with Crippen molar-refractivity contribution in [1.29, 1.82) is 0 Å². The minimum Gasteiger partial charge on any atom is -0.541 e. The number of hydrogen-bond acceptors (Lipinski definition) is 14. The molecule has 0 bridgehead atoms. The van der Waals surface area contributed by atoms with Gasteiger partial charge in [-0.1, -0.05) is 58.7 Å². The predicted octanol–water partition coefficient (Wildman–Crippen LogP) is 0.904. The van der Waals surface area contributed by atoms with Crippen molar-refractivity contribution < 1.29 is 104 Å². The minimum absolute atomic E-state index is 0. The van der Waals surface area contributed by atoms with Crippen LogP contribution in [0.2, 0.25) is 0 Å². The van der Waals surface area contributed by atoms with Gasteiger partial charge in [-0.25, -0.2) is 9.97 Å². The van der Waals surface area contributed by atoms with Crippen LogP contribution in [0.25, 0.3) is 21.8 Å². The number of amides is 3. The average Bonchev–Trinajstić information content (AvgIpc) is 4.00. The number of piperazine rings is 2. The number of hydrogen-bond donors (Lipinski definition) is 3. The molecule has 0 aliphatic carbocycles. The molecule has 6 aromatic rings. The van der Waals surface area contributed by atoms with Crippen molar-refractivity contribution in [2.24, 2.45) is 0 Å². The minimum atomic E-state index is -1.78. The van der Waals surface area contributed by atoms with E-state index in [4.69, 9.17) is 18.9 Å². The monoisotopic (exact) mass is 948 g/mol. The van der Waals surface area contributed by atoms with Crippen molar-refractivity contribution >= 4 is 57.1 Å². The molecule has 8 rings (SSSR count). The van der Waals surface area contributed by atoms with E-state index in [2.05, 4.69) is 25.3 Å². The van der Waals surface area contributed by atoms with Gasteiger partial charge in [0.2, 0.25) is 17.5 Å². The summed E-state index contributed by atoms with van der Waals surface area (Å²) in [6.07, 6.45) is 5.52. The van der Waals surface area contributed by atoms with Gasteiger partial charge in [0.1, 0.15) is 28.5 Å². The zero-order chi connectivity index (χ0) is 45.0. The summed E-state index contributed by atoms with van der Waals surface area (Å²) in [7, 11) is 5.74. The number of ether oxygens (including phenoxy) is 4. The summed E-state index contributed by atoms with van der Waals surface area (Å²) in [6, 6.07) is 18.4. The van der Waals surface area contributed by atoms with Gasteiger partial charge in [-0.2, -0.15) is 0 Å². The van der Waals surface area contributed by atoms with E-state index in [0.717, 1.165) is 31.7 Å². The number of ketones is 2. The van der Waals surface area contributed by atoms with Gasteiger partial charge in [-0.3, -0.25) is 24.0 Å². The molecular weight excluding hydrogens is 892 g/mol. The molecule has 0 saturated carbocycles. The van der Waals surface area contributed by atoms with Crippen LogP contribution in [0.15, 0.2) is 85.5 Å². The summed E-state index contributed by atoms with van der Waals surface area (Å²) in [6.45, 7) is 4.73. The molecule has 0 radical (unpaired) electrons. The van der Waals surface area contributed by atoms with Crippen molar-refractivity contribution in [3.8, 4) is 23.3 Å². The summed E-state index contributed by atoms with van der Waals surface area (Å²) in [5, 5.41) is 14.6. The Bertz CT molecular complexity index is 2610. The maximum Gasteiger partial charge on any atom is 1.00 e. The number of aromatic nitrogens is 4. The molecule has 20 heteroatoms. The quantitative estimate of drug-likeness (QED) is 0.0983. The Balaban J connectivity index is 0.000000366. The third-order valence-electron chi connectivity index (χ3n) is 10.3. The zero-order valence-electron chi connectivity index (χ0n) is 36.0. The number of pyridine rings is 2. The molecule has 67 heavy (non-hydrogen) atoms. The number of methoxy groups -OCH3 is 4. The van der Waals surface area contributed by atoms with Crippen molar-refractivity contribution in [1.82, 2.24) is 40.0 Å². The first-order chi connectivity index (χ1) is 30.5. The number of carbonyl (C=O) groups is 6. The van der Waals surface area contributed by atoms with Crippen LogP contribution in [0.3, 0.4) is 0 Å². The fraction of sp³-hybridized carbons (Fsp3) is 0.319. The van der Waals surface area contributed by atoms with Gasteiger partial charge in [0.25, 0.3) is 23.5 Å². The first-order valence-corrected chi connectivity index (χ1v) is 19.7. The Morgan fingerprint density at radius 1 is 0.552 bits per heavy atom. The third-order valence-corrected chi connectivity index (χ3v) is 10.3. The van der Waals surface area contributed by atoms with E-state index in [9.17, 15) is 33.9 Å². The molecule has 2 aromatic carbocycles. The molecule has 0 spiro atoms. The third kappa shape index (κ3) is 13.1. The Kier molecular flexibility index (Phi) is 22.8. The van der Waals surface area contributed by atoms with E-state index in [1.807, 2.05) is 53.4 Å². The summed E-state index contributed by atoms with van der Waals surface area (Å²) in [4.78, 5) is 91.4. The maximum absolute atomic E-state index is 13.0. The number of benzene rings is 2. The molecule has 2 fully saturated rings. The normalized spacial score (nSPS) is 12.7. The number of aliphatic carboxylic acids is 1. The summed E-state index contributed by atoms with van der Waals surface area (Å²) in [5.41, 5.74) is 2.40. The Morgan fingerprint density at radius 3 is 1.33 bits per heavy atom. The number of H-pyrrole nitrogens is 2. The molecule has 3 N–H and O–H groups in total. The van der Waals surface area contributed by atoms with Crippen molar-refractivity contribution in [2.75, 3.05) is 80.8 Å². The van der Waals surface area contributed by atoms with Gasteiger partial charge in [0.05, 0.1) is 62.7 Å². The molecule has 2 aliphatic heterocycles. The maximum atomic E-state index is 13.0. The Morgan fingerprint density at radius 2 is 0.940 bits per heavy atom. The van der Waals surface area contributed by atoms with Crippen LogP contribution in [-0.2, 0) is 9.59 Å². The standard InChI is InChI=1S/C22H22N4O5.C11H10N2O5.C11H14N2O.3CH4.K/c1-30-16-13-24-20(31-2)18-17(16)15(12-23-18)19(27)22(29)26-10-8-25(9-11-26)21(28)14-6-4-3-5-7-14;1-17-6-4-13-10(18-2)8-7(6)5(3-12-8)9(14)11(15)16;14-11(10-4-2-1-3-5-10)13-8-6-12-7-9-13;;;;/h3-7,12-13,23H,8-11H2,1-2H3;3-4,12H,1-2H3,(H,15,16);1-5,12H,6-9H2;3*1H4;/q;;;;;;+1/p-1. The van der Waals surface area contributed by atoms with Crippen molar-refractivity contribution in [3.05, 3.63) is 108 Å². The largest absolute Gasteiger partial charge is 1.00 e. The number of carbonyl (C=O) groups excluding carboxylic acids is 6. The van der Waals surface area contributed by atoms with Gasteiger partial charge < -0.3 is 58.8 Å². The van der Waals surface area contributed by atoms with Gasteiger partial charge >= 0.3 is 51.4 Å². The smallest absolute Gasteiger partial charge is 0.541 e. The molecule has 0 unspecified atom stereocenters. The molecule has 0 atom stereocenters. The van der Waals surface area contributed by atoms with Crippen LogP contribution in [0.1, 0.15) is 63.7 Å². The van der Waals surface area contributed by atoms with Crippen LogP contribution in [0.4, 0.5) is 0 Å². The van der Waals surface area contributed by atoms with E-state index in [0.29, 0.717) is 52.1 Å². The van der Waals surface area contributed by atoms with Gasteiger partial charge in [0, 0.05) is 75.9 Å². The Labute approximate surface area is 431 Å². The summed E-state index contributed by atoms with van der Waals surface area (Å²) in [5.74, 6) is -2.94. The van der Waals surface area contributed by atoms with E-state index >= 15 is 0 Å². The van der Waals surface area contributed by atoms with Crippen LogP contribution in [-0.4, -0.2) is 151 Å². The second-order valence-corrected chi connectivity index (χ2v) is 13.9. The van der Waals surface area contributed by atoms with Gasteiger partial charge in [0.15, 0.2) is 0 Å². The van der Waals surface area contributed by atoms with Crippen LogP contribution in [0.5, 0.6) is 23.3 Å². The number of carboxylic acid groups (broad SMARTS) is 1. The number of nitrogens with zero attached hydrogens (tertiary/aromatic N) is 5.